The number of carbonyl (C=O) groups excluding carboxylic acids is 2. The number of amides is 1. The standard InChI is InChI=1S/C31H55NO5/c1-3-5-7-8-9-10-11-12-13-14-15-16-22-26-31(36)37-28(23-19-6-4-2)24-20-17-18-21-25-29(33)32-27-30(34)35/h10-11,19,23,28H,3-9,12-18,20-22,24-27H2,1-2H3,(H,32,33)(H,34,35)/b11-10-,23-19-. The van der Waals surface area contributed by atoms with Crippen LogP contribution in [0.5, 0.6) is 0 Å². The minimum absolute atomic E-state index is 0.104. The average Bonchev–Trinajstić information content (AvgIpc) is 2.87. The Kier molecular flexibility index (Phi) is 25.4. The molecule has 0 radical (unpaired) electrons. The SMILES string of the molecule is CCC/C=C\C(CCCCCCC(=O)NCC(=O)O)OC(=O)CCCCCCC/C=C\CCCCCC. The topological polar surface area (TPSA) is 92.7 Å². The second-order valence-electron chi connectivity index (χ2n) is 10.00. The van der Waals surface area contributed by atoms with E-state index >= 15 is 0 Å². The van der Waals surface area contributed by atoms with Crippen molar-refractivity contribution in [2.24, 2.45) is 0 Å². The van der Waals surface area contributed by atoms with Crippen molar-refractivity contribution >= 4 is 17.8 Å². The number of ether oxygens (including phenoxy) is 1. The van der Waals surface area contributed by atoms with E-state index in [4.69, 9.17) is 9.84 Å². The average molecular weight is 522 g/mol. The first-order valence-electron chi connectivity index (χ1n) is 15.0. The summed E-state index contributed by atoms with van der Waals surface area (Å²) >= 11 is 0. The quantitative estimate of drug-likeness (QED) is 0.0682. The zero-order chi connectivity index (χ0) is 27.4. The Balaban J connectivity index is 3.92. The van der Waals surface area contributed by atoms with Crippen molar-refractivity contribution in [1.29, 1.82) is 0 Å². The fourth-order valence-electron chi connectivity index (χ4n) is 4.07. The molecular formula is C31H55NO5. The van der Waals surface area contributed by atoms with Crippen molar-refractivity contribution in [1.82, 2.24) is 5.32 Å². The Morgan fingerprint density at radius 2 is 1.30 bits per heavy atom. The van der Waals surface area contributed by atoms with Crippen LogP contribution in [0.4, 0.5) is 0 Å². The fraction of sp³-hybridized carbons (Fsp3) is 0.774. The van der Waals surface area contributed by atoms with E-state index in [0.717, 1.165) is 57.8 Å². The normalized spacial score (nSPS) is 12.3. The number of carboxylic acid groups (broad SMARTS) is 1. The Morgan fingerprint density at radius 1 is 0.703 bits per heavy atom. The van der Waals surface area contributed by atoms with Crippen LogP contribution in [0.1, 0.15) is 142 Å². The number of hydrogen-bond donors (Lipinski definition) is 2. The highest BCUT2D eigenvalue weighted by atomic mass is 16.5. The van der Waals surface area contributed by atoms with Gasteiger partial charge >= 0.3 is 11.9 Å². The summed E-state index contributed by atoms with van der Waals surface area (Å²) in [7, 11) is 0. The molecule has 0 spiro atoms. The van der Waals surface area contributed by atoms with E-state index in [1.807, 2.05) is 6.08 Å². The Hall–Kier alpha value is -2.11. The van der Waals surface area contributed by atoms with Gasteiger partial charge in [-0.2, -0.15) is 0 Å². The van der Waals surface area contributed by atoms with Crippen LogP contribution >= 0.6 is 0 Å². The van der Waals surface area contributed by atoms with Crippen LogP contribution in [0.15, 0.2) is 24.3 Å². The smallest absolute Gasteiger partial charge is 0.322 e. The van der Waals surface area contributed by atoms with Crippen LogP contribution in [0.2, 0.25) is 0 Å². The van der Waals surface area contributed by atoms with E-state index in [2.05, 4.69) is 37.4 Å². The maximum Gasteiger partial charge on any atom is 0.322 e. The van der Waals surface area contributed by atoms with Gasteiger partial charge in [0.25, 0.3) is 0 Å². The first-order chi connectivity index (χ1) is 18.0. The number of carboxylic acids is 1. The second kappa shape index (κ2) is 26.9. The lowest BCUT2D eigenvalue weighted by Crippen LogP contribution is -2.28. The molecule has 0 aromatic heterocycles. The minimum atomic E-state index is -1.03. The molecule has 37 heavy (non-hydrogen) atoms. The molecule has 0 heterocycles. The van der Waals surface area contributed by atoms with E-state index in [-0.39, 0.29) is 24.5 Å². The third kappa shape index (κ3) is 26.8. The molecule has 1 unspecified atom stereocenters. The summed E-state index contributed by atoms with van der Waals surface area (Å²) in [5.74, 6) is -1.36. The van der Waals surface area contributed by atoms with E-state index in [0.29, 0.717) is 12.8 Å². The van der Waals surface area contributed by atoms with E-state index in [1.165, 1.54) is 57.8 Å². The molecular weight excluding hydrogens is 466 g/mol. The molecule has 1 amide bonds. The maximum atomic E-state index is 12.4. The van der Waals surface area contributed by atoms with Gasteiger partial charge in [-0.05, 0) is 63.9 Å². The highest BCUT2D eigenvalue weighted by Gasteiger charge is 2.11. The molecule has 0 saturated carbocycles. The molecule has 2 N–H and O–H groups in total. The predicted octanol–water partition coefficient (Wildman–Crippen LogP) is 8.05. The molecule has 214 valence electrons. The highest BCUT2D eigenvalue weighted by Crippen LogP contribution is 2.14. The van der Waals surface area contributed by atoms with Gasteiger partial charge in [0.1, 0.15) is 12.6 Å². The van der Waals surface area contributed by atoms with E-state index < -0.39 is 5.97 Å². The second-order valence-corrected chi connectivity index (χ2v) is 10.00. The predicted molar refractivity (Wildman–Crippen MR) is 152 cm³/mol. The molecule has 0 aliphatic heterocycles. The van der Waals surface area contributed by atoms with Crippen LogP contribution in [0, 0.1) is 0 Å². The molecule has 0 aromatic carbocycles. The number of hydrogen-bond acceptors (Lipinski definition) is 4. The molecule has 0 bridgehead atoms. The summed E-state index contributed by atoms with van der Waals surface area (Å²) in [4.78, 5) is 34.4. The van der Waals surface area contributed by atoms with Crippen LogP contribution < -0.4 is 5.32 Å². The third-order valence-corrected chi connectivity index (χ3v) is 6.31. The zero-order valence-corrected chi connectivity index (χ0v) is 23.8. The van der Waals surface area contributed by atoms with E-state index in [9.17, 15) is 14.4 Å². The van der Waals surface area contributed by atoms with Crippen molar-refractivity contribution in [2.75, 3.05) is 6.54 Å². The number of allylic oxidation sites excluding steroid dienone is 3. The summed E-state index contributed by atoms with van der Waals surface area (Å²) < 4.78 is 5.75. The lowest BCUT2D eigenvalue weighted by atomic mass is 10.1. The van der Waals surface area contributed by atoms with Gasteiger partial charge in [-0.25, -0.2) is 0 Å². The minimum Gasteiger partial charge on any atom is -0.480 e. The number of unbranched alkanes of at least 4 members (excludes halogenated alkanes) is 13. The summed E-state index contributed by atoms with van der Waals surface area (Å²) in [5, 5.41) is 11.0. The fourth-order valence-corrected chi connectivity index (χ4v) is 4.07. The van der Waals surface area contributed by atoms with Crippen LogP contribution in [0.3, 0.4) is 0 Å². The highest BCUT2D eigenvalue weighted by molar-refractivity contribution is 5.80. The van der Waals surface area contributed by atoms with Gasteiger partial charge < -0.3 is 15.2 Å². The Bertz CT molecular complexity index is 629. The Labute approximate surface area is 226 Å². The summed E-state index contributed by atoms with van der Waals surface area (Å²) in [6.45, 7) is 4.05. The lowest BCUT2D eigenvalue weighted by molar-refractivity contribution is -0.147. The van der Waals surface area contributed by atoms with Crippen molar-refractivity contribution in [3.05, 3.63) is 24.3 Å². The lowest BCUT2D eigenvalue weighted by Gasteiger charge is -2.15. The number of carbonyl (C=O) groups is 3. The van der Waals surface area contributed by atoms with Gasteiger partial charge in [-0.1, -0.05) is 89.9 Å². The first kappa shape index (κ1) is 34.9. The molecule has 0 aliphatic carbocycles. The van der Waals surface area contributed by atoms with Crippen molar-refractivity contribution in [3.63, 3.8) is 0 Å². The van der Waals surface area contributed by atoms with Gasteiger partial charge in [-0.3, -0.25) is 14.4 Å². The van der Waals surface area contributed by atoms with Gasteiger partial charge in [-0.15, -0.1) is 0 Å². The number of nitrogens with one attached hydrogen (secondary N) is 1. The molecule has 1 atom stereocenters. The van der Waals surface area contributed by atoms with Crippen LogP contribution in [-0.2, 0) is 19.1 Å². The van der Waals surface area contributed by atoms with Crippen LogP contribution in [-0.4, -0.2) is 35.6 Å². The largest absolute Gasteiger partial charge is 0.480 e. The molecule has 0 fully saturated rings. The van der Waals surface area contributed by atoms with Crippen molar-refractivity contribution in [2.45, 2.75) is 148 Å². The summed E-state index contributed by atoms with van der Waals surface area (Å²) in [6, 6.07) is 0. The molecule has 0 aromatic rings. The van der Waals surface area contributed by atoms with Crippen molar-refractivity contribution < 1.29 is 24.2 Å². The first-order valence-corrected chi connectivity index (χ1v) is 15.0. The number of rotatable bonds is 26. The van der Waals surface area contributed by atoms with Crippen molar-refractivity contribution in [3.8, 4) is 0 Å². The summed E-state index contributed by atoms with van der Waals surface area (Å²) in [6.07, 6.45) is 29.1. The maximum absolute atomic E-state index is 12.4. The molecule has 0 aliphatic rings. The van der Waals surface area contributed by atoms with Gasteiger partial charge in [0.2, 0.25) is 5.91 Å². The summed E-state index contributed by atoms with van der Waals surface area (Å²) in [5.41, 5.74) is 0. The molecule has 0 rings (SSSR count). The zero-order valence-electron chi connectivity index (χ0n) is 23.8. The molecule has 6 heteroatoms. The molecule has 0 saturated heterocycles. The van der Waals surface area contributed by atoms with Crippen LogP contribution in [0.25, 0.3) is 0 Å². The monoisotopic (exact) mass is 521 g/mol. The number of esters is 1. The number of aliphatic carboxylic acids is 1. The molecule has 6 nitrogen and oxygen atoms in total. The Morgan fingerprint density at radius 3 is 1.95 bits per heavy atom. The van der Waals surface area contributed by atoms with Gasteiger partial charge in [0, 0.05) is 12.8 Å². The van der Waals surface area contributed by atoms with E-state index in [1.54, 1.807) is 0 Å². The third-order valence-electron chi connectivity index (χ3n) is 6.31. The van der Waals surface area contributed by atoms with Gasteiger partial charge in [0.05, 0.1) is 0 Å². The van der Waals surface area contributed by atoms with Gasteiger partial charge in [0.15, 0.2) is 0 Å².